The molecule has 8 nitrogen and oxygen atoms in total. The Morgan fingerprint density at radius 2 is 1.97 bits per heavy atom. The second-order valence-electron chi connectivity index (χ2n) is 10.1. The quantitative estimate of drug-likeness (QED) is 0.323. The average Bonchev–Trinajstić information content (AvgIpc) is 3.27. The van der Waals surface area contributed by atoms with Crippen LogP contribution in [0.1, 0.15) is 57.3 Å². The second-order valence-corrected chi connectivity index (χ2v) is 10.1. The maximum atomic E-state index is 14.9. The van der Waals surface area contributed by atoms with E-state index in [0.29, 0.717) is 25.4 Å². The maximum absolute atomic E-state index is 14.9. The number of carbonyl (C=O) groups excluding carboxylic acids is 2. The summed E-state index contributed by atoms with van der Waals surface area (Å²) >= 11 is 0. The number of halogens is 1. The highest BCUT2D eigenvalue weighted by Crippen LogP contribution is 2.28. The second kappa shape index (κ2) is 12.0. The summed E-state index contributed by atoms with van der Waals surface area (Å²) < 4.78 is 25.7. The molecule has 0 bridgehead atoms. The molecule has 2 aromatic rings. The zero-order chi connectivity index (χ0) is 26.3. The van der Waals surface area contributed by atoms with Gasteiger partial charge >= 0.3 is 6.09 Å². The third-order valence-corrected chi connectivity index (χ3v) is 5.82. The van der Waals surface area contributed by atoms with Crippen molar-refractivity contribution >= 4 is 29.1 Å². The van der Waals surface area contributed by atoms with Gasteiger partial charge in [-0.05, 0) is 69.9 Å². The van der Waals surface area contributed by atoms with Crippen molar-refractivity contribution in [1.82, 2.24) is 5.32 Å². The molecule has 1 atom stereocenters. The van der Waals surface area contributed by atoms with Gasteiger partial charge in [-0.25, -0.2) is 9.18 Å². The first-order valence-electron chi connectivity index (χ1n) is 12.4. The van der Waals surface area contributed by atoms with E-state index < -0.39 is 23.4 Å². The van der Waals surface area contributed by atoms with Crippen LogP contribution in [0.3, 0.4) is 0 Å². The van der Waals surface area contributed by atoms with Crippen LogP contribution in [-0.2, 0) is 4.74 Å². The van der Waals surface area contributed by atoms with Gasteiger partial charge in [0.15, 0.2) is 0 Å². The van der Waals surface area contributed by atoms with Gasteiger partial charge in [0.05, 0.1) is 17.9 Å². The summed E-state index contributed by atoms with van der Waals surface area (Å²) in [4.78, 5) is 26.6. The molecule has 1 saturated heterocycles. The molecule has 2 aromatic carbocycles. The number of carbonyl (C=O) groups is 2. The van der Waals surface area contributed by atoms with Crippen LogP contribution in [-0.4, -0.2) is 43.8 Å². The van der Waals surface area contributed by atoms with Crippen LogP contribution < -0.4 is 26.0 Å². The summed E-state index contributed by atoms with van der Waals surface area (Å²) in [5.41, 5.74) is 6.81. The molecule has 0 saturated carbocycles. The molecular formula is C27H37FN4O4. The molecule has 0 aliphatic carbocycles. The number of nitrogen functional groups attached to an aromatic ring is 1. The maximum Gasteiger partial charge on any atom is 0.407 e. The molecule has 3 rings (SSSR count). The molecule has 1 heterocycles. The number of anilines is 3. The SMILES string of the molecule is CCCCOc1ccc(C(=O)Nc2ccc(N3CCC(CNC(=O)OC(C)(C)C)C3)cc2F)c(N)c1. The van der Waals surface area contributed by atoms with Crippen molar-refractivity contribution in [3.8, 4) is 5.75 Å². The number of rotatable bonds is 9. The molecule has 36 heavy (non-hydrogen) atoms. The molecule has 0 radical (unpaired) electrons. The van der Waals surface area contributed by atoms with Gasteiger partial charge in [0.1, 0.15) is 17.2 Å². The first kappa shape index (κ1) is 27.1. The van der Waals surface area contributed by atoms with Crippen molar-refractivity contribution < 1.29 is 23.5 Å². The van der Waals surface area contributed by atoms with Crippen molar-refractivity contribution in [1.29, 1.82) is 0 Å². The lowest BCUT2D eigenvalue weighted by molar-refractivity contribution is 0.0520. The Balaban J connectivity index is 1.55. The fourth-order valence-electron chi connectivity index (χ4n) is 3.94. The number of nitrogens with zero attached hydrogens (tertiary/aromatic N) is 1. The minimum absolute atomic E-state index is 0.0776. The number of nitrogens with one attached hydrogen (secondary N) is 2. The van der Waals surface area contributed by atoms with Gasteiger partial charge < -0.3 is 30.7 Å². The lowest BCUT2D eigenvalue weighted by Gasteiger charge is -2.21. The van der Waals surface area contributed by atoms with Crippen LogP contribution in [0, 0.1) is 11.7 Å². The van der Waals surface area contributed by atoms with E-state index in [2.05, 4.69) is 22.5 Å². The van der Waals surface area contributed by atoms with Crippen LogP contribution in [0.2, 0.25) is 0 Å². The number of hydrogen-bond donors (Lipinski definition) is 3. The fourth-order valence-corrected chi connectivity index (χ4v) is 3.94. The molecule has 1 unspecified atom stereocenters. The van der Waals surface area contributed by atoms with Crippen LogP contribution in [0.15, 0.2) is 36.4 Å². The number of hydrogen-bond acceptors (Lipinski definition) is 6. The van der Waals surface area contributed by atoms with Crippen molar-refractivity contribution in [2.75, 3.05) is 42.2 Å². The highest BCUT2D eigenvalue weighted by molar-refractivity contribution is 6.08. The van der Waals surface area contributed by atoms with Gasteiger partial charge in [-0.2, -0.15) is 0 Å². The Hall–Kier alpha value is -3.49. The Labute approximate surface area is 212 Å². The Morgan fingerprint density at radius 1 is 1.19 bits per heavy atom. The molecule has 0 spiro atoms. The number of nitrogens with two attached hydrogens (primary N) is 1. The van der Waals surface area contributed by atoms with E-state index in [1.807, 2.05) is 20.8 Å². The molecule has 196 valence electrons. The topological polar surface area (TPSA) is 106 Å². The predicted octanol–water partition coefficient (Wildman–Crippen LogP) is 5.19. The highest BCUT2D eigenvalue weighted by atomic mass is 19.1. The molecule has 0 aromatic heterocycles. The summed E-state index contributed by atoms with van der Waals surface area (Å²) in [6.07, 6.45) is 2.38. The van der Waals surface area contributed by atoms with Crippen molar-refractivity contribution in [3.05, 3.63) is 47.8 Å². The average molecular weight is 501 g/mol. The monoisotopic (exact) mass is 500 g/mol. The van der Waals surface area contributed by atoms with E-state index in [4.69, 9.17) is 15.2 Å². The number of benzene rings is 2. The first-order valence-corrected chi connectivity index (χ1v) is 12.4. The largest absolute Gasteiger partial charge is 0.494 e. The van der Waals surface area contributed by atoms with Gasteiger partial charge in [-0.1, -0.05) is 13.3 Å². The summed E-state index contributed by atoms with van der Waals surface area (Å²) in [6, 6.07) is 9.60. The van der Waals surface area contributed by atoms with Gasteiger partial charge in [-0.15, -0.1) is 0 Å². The summed E-state index contributed by atoms with van der Waals surface area (Å²) in [7, 11) is 0. The minimum atomic E-state index is -0.543. The molecule has 2 amide bonds. The van der Waals surface area contributed by atoms with Gasteiger partial charge in [-0.3, -0.25) is 4.79 Å². The minimum Gasteiger partial charge on any atom is -0.494 e. The Morgan fingerprint density at radius 3 is 2.64 bits per heavy atom. The molecular weight excluding hydrogens is 463 g/mol. The van der Waals surface area contributed by atoms with E-state index in [0.717, 1.165) is 31.5 Å². The van der Waals surface area contributed by atoms with Gasteiger partial charge in [0.25, 0.3) is 5.91 Å². The summed E-state index contributed by atoms with van der Waals surface area (Å²) in [5.74, 6) is -0.196. The summed E-state index contributed by atoms with van der Waals surface area (Å²) in [6.45, 7) is 10.0. The molecule has 1 fully saturated rings. The van der Waals surface area contributed by atoms with E-state index in [1.165, 1.54) is 6.07 Å². The molecule has 4 N–H and O–H groups in total. The Bertz CT molecular complexity index is 1070. The molecule has 1 aliphatic rings. The van der Waals surface area contributed by atoms with Crippen molar-refractivity contribution in [3.63, 3.8) is 0 Å². The van der Waals surface area contributed by atoms with Crippen molar-refractivity contribution in [2.24, 2.45) is 5.92 Å². The van der Waals surface area contributed by atoms with Crippen LogP contribution in [0.5, 0.6) is 5.75 Å². The third kappa shape index (κ3) is 7.76. The molecule has 9 heteroatoms. The lowest BCUT2D eigenvalue weighted by atomic mass is 10.1. The highest BCUT2D eigenvalue weighted by Gasteiger charge is 2.25. The standard InChI is InChI=1S/C27H37FN4O4/c1-5-6-13-35-20-8-9-21(23(29)15-20)25(33)31-24-10-7-19(14-22(24)28)32-12-11-18(17-32)16-30-26(34)36-27(2,3)4/h7-10,14-15,18H,5-6,11-13,16-17,29H2,1-4H3,(H,30,34)(H,31,33). The number of unbranched alkanes of at least 4 members (excludes halogenated alkanes) is 1. The smallest absolute Gasteiger partial charge is 0.407 e. The third-order valence-electron chi connectivity index (χ3n) is 5.82. The van der Waals surface area contributed by atoms with E-state index in [9.17, 15) is 14.0 Å². The normalized spacial score (nSPS) is 15.5. The molecule has 1 aliphatic heterocycles. The first-order chi connectivity index (χ1) is 17.1. The van der Waals surface area contributed by atoms with Crippen LogP contribution in [0.25, 0.3) is 0 Å². The summed E-state index contributed by atoms with van der Waals surface area (Å²) in [5, 5.41) is 5.41. The predicted molar refractivity (Wildman–Crippen MR) is 140 cm³/mol. The fraction of sp³-hybridized carbons (Fsp3) is 0.481. The van der Waals surface area contributed by atoms with Crippen LogP contribution >= 0.6 is 0 Å². The number of ether oxygens (including phenoxy) is 2. The van der Waals surface area contributed by atoms with Gasteiger partial charge in [0.2, 0.25) is 0 Å². The Kier molecular flexibility index (Phi) is 9.01. The van der Waals surface area contributed by atoms with Gasteiger partial charge in [0, 0.05) is 37.1 Å². The number of alkyl carbamates (subject to hydrolysis) is 1. The van der Waals surface area contributed by atoms with E-state index in [1.54, 1.807) is 30.3 Å². The zero-order valence-electron chi connectivity index (χ0n) is 21.5. The van der Waals surface area contributed by atoms with Crippen molar-refractivity contribution in [2.45, 2.75) is 52.6 Å². The van der Waals surface area contributed by atoms with E-state index in [-0.39, 0.29) is 22.9 Å². The number of amides is 2. The van der Waals surface area contributed by atoms with Crippen LogP contribution in [0.4, 0.5) is 26.2 Å². The lowest BCUT2D eigenvalue weighted by Crippen LogP contribution is -2.36. The van der Waals surface area contributed by atoms with E-state index >= 15 is 0 Å². The zero-order valence-corrected chi connectivity index (χ0v) is 21.5.